The minimum Gasteiger partial charge on any atom is -0.356 e. The van der Waals surface area contributed by atoms with Gasteiger partial charge in [0, 0.05) is 11.4 Å². The van der Waals surface area contributed by atoms with Gasteiger partial charge in [0.1, 0.15) is 5.82 Å². The third kappa shape index (κ3) is 2.77. The second kappa shape index (κ2) is 4.41. The van der Waals surface area contributed by atoms with Crippen LogP contribution in [0.15, 0.2) is 48.5 Å². The summed E-state index contributed by atoms with van der Waals surface area (Å²) in [6, 6.07) is 14.2. The Bertz CT molecular complexity index is 393. The van der Waals surface area contributed by atoms with Crippen molar-refractivity contribution >= 4 is 25.9 Å². The topological polar surface area (TPSA) is 12.0 Å². The highest BCUT2D eigenvalue weighted by Crippen LogP contribution is 2.15. The summed E-state index contributed by atoms with van der Waals surface area (Å²) in [7, 11) is 2.63. The molecule has 76 valence electrons. The van der Waals surface area contributed by atoms with Crippen molar-refractivity contribution in [3.63, 3.8) is 0 Å². The van der Waals surface area contributed by atoms with Crippen molar-refractivity contribution in [2.75, 3.05) is 5.32 Å². The predicted molar refractivity (Wildman–Crippen MR) is 65.5 cm³/mol. The molecule has 1 unspecified atom stereocenters. The normalized spacial score (nSPS) is 10.0. The van der Waals surface area contributed by atoms with E-state index in [4.69, 9.17) is 0 Å². The monoisotopic (exact) mass is 219 g/mol. The van der Waals surface area contributed by atoms with Crippen molar-refractivity contribution in [2.24, 2.45) is 0 Å². The summed E-state index contributed by atoms with van der Waals surface area (Å²) in [5.74, 6) is -0.221. The Morgan fingerprint density at radius 3 is 1.80 bits per heavy atom. The lowest BCUT2D eigenvalue weighted by molar-refractivity contribution is 0.628. The van der Waals surface area contributed by atoms with E-state index in [1.807, 2.05) is 24.3 Å². The first-order valence-electron chi connectivity index (χ1n) is 4.62. The van der Waals surface area contributed by atoms with Gasteiger partial charge in [-0.15, -0.1) is 9.24 Å². The van der Waals surface area contributed by atoms with Gasteiger partial charge in [-0.2, -0.15) is 0 Å². The minimum atomic E-state index is -0.221. The summed E-state index contributed by atoms with van der Waals surface area (Å²) in [6.07, 6.45) is 0. The van der Waals surface area contributed by atoms with Crippen molar-refractivity contribution in [1.82, 2.24) is 0 Å². The molecule has 2 aromatic carbocycles. The summed E-state index contributed by atoms with van der Waals surface area (Å²) in [4.78, 5) is 0. The van der Waals surface area contributed by atoms with Gasteiger partial charge in [0.25, 0.3) is 0 Å². The van der Waals surface area contributed by atoms with Gasteiger partial charge in [-0.05, 0) is 41.7 Å². The third-order valence-electron chi connectivity index (χ3n) is 2.04. The van der Waals surface area contributed by atoms with Gasteiger partial charge in [-0.3, -0.25) is 0 Å². The molecule has 0 aliphatic heterocycles. The van der Waals surface area contributed by atoms with Gasteiger partial charge in [-0.25, -0.2) is 4.39 Å². The summed E-state index contributed by atoms with van der Waals surface area (Å²) >= 11 is 0. The van der Waals surface area contributed by atoms with Gasteiger partial charge < -0.3 is 5.32 Å². The molecule has 0 aliphatic rings. The standard InChI is InChI=1S/C12H11FNP/c13-9-1-3-10(4-2-9)14-11-5-7-12(15)8-6-11/h1-8,14H,15H2. The highest BCUT2D eigenvalue weighted by atomic mass is 31.0. The molecule has 0 amide bonds. The highest BCUT2D eigenvalue weighted by Gasteiger charge is 1.94. The third-order valence-corrected chi connectivity index (χ3v) is 2.43. The van der Waals surface area contributed by atoms with Crippen molar-refractivity contribution < 1.29 is 4.39 Å². The van der Waals surface area contributed by atoms with Crippen LogP contribution in [0.5, 0.6) is 0 Å². The summed E-state index contributed by atoms with van der Waals surface area (Å²) < 4.78 is 12.6. The predicted octanol–water partition coefficient (Wildman–Crippen LogP) is 3.07. The molecule has 3 heteroatoms. The Balaban J connectivity index is 2.15. The summed E-state index contributed by atoms with van der Waals surface area (Å²) in [5, 5.41) is 4.32. The second-order valence-corrected chi connectivity index (χ2v) is 3.92. The van der Waals surface area contributed by atoms with E-state index < -0.39 is 0 Å². The van der Waals surface area contributed by atoms with E-state index in [1.165, 1.54) is 12.1 Å². The van der Waals surface area contributed by atoms with Gasteiger partial charge in [0.15, 0.2) is 0 Å². The SMILES string of the molecule is Fc1ccc(Nc2ccc(P)cc2)cc1. The zero-order valence-corrected chi connectivity index (χ0v) is 9.23. The summed E-state index contributed by atoms with van der Waals surface area (Å²) in [5.41, 5.74) is 1.88. The first-order chi connectivity index (χ1) is 7.24. The Hall–Kier alpha value is -1.40. The summed E-state index contributed by atoms with van der Waals surface area (Å²) in [6.45, 7) is 0. The molecule has 1 N–H and O–H groups in total. The first-order valence-corrected chi connectivity index (χ1v) is 5.20. The quantitative estimate of drug-likeness (QED) is 0.765. The maximum Gasteiger partial charge on any atom is 0.123 e. The van der Waals surface area contributed by atoms with Crippen LogP contribution >= 0.6 is 9.24 Å². The number of anilines is 2. The molecule has 2 aromatic rings. The van der Waals surface area contributed by atoms with E-state index >= 15 is 0 Å². The van der Waals surface area contributed by atoms with E-state index in [-0.39, 0.29) is 5.82 Å². The van der Waals surface area contributed by atoms with Crippen LogP contribution < -0.4 is 10.6 Å². The molecule has 0 aromatic heterocycles. The molecule has 1 atom stereocenters. The Labute approximate surface area is 90.5 Å². The Morgan fingerprint density at radius 1 is 0.800 bits per heavy atom. The van der Waals surface area contributed by atoms with E-state index in [1.54, 1.807) is 12.1 Å². The number of hydrogen-bond donors (Lipinski definition) is 1. The molecule has 0 aliphatic carbocycles. The fraction of sp³-hybridized carbons (Fsp3) is 0. The van der Waals surface area contributed by atoms with Crippen LogP contribution in [-0.2, 0) is 0 Å². The molecule has 2 rings (SSSR count). The van der Waals surface area contributed by atoms with E-state index in [0.29, 0.717) is 0 Å². The maximum atomic E-state index is 12.6. The zero-order chi connectivity index (χ0) is 10.7. The Morgan fingerprint density at radius 2 is 1.27 bits per heavy atom. The van der Waals surface area contributed by atoms with Crippen molar-refractivity contribution in [2.45, 2.75) is 0 Å². The lowest BCUT2D eigenvalue weighted by Crippen LogP contribution is -1.93. The van der Waals surface area contributed by atoms with Gasteiger partial charge >= 0.3 is 0 Å². The average Bonchev–Trinajstić information content (AvgIpc) is 2.25. The van der Waals surface area contributed by atoms with Crippen molar-refractivity contribution in [1.29, 1.82) is 0 Å². The lowest BCUT2D eigenvalue weighted by Gasteiger charge is -2.06. The molecular weight excluding hydrogens is 208 g/mol. The number of halogens is 1. The van der Waals surface area contributed by atoms with Crippen LogP contribution in [0.3, 0.4) is 0 Å². The fourth-order valence-electron chi connectivity index (χ4n) is 1.27. The molecule has 15 heavy (non-hydrogen) atoms. The molecule has 0 spiro atoms. The maximum absolute atomic E-state index is 12.6. The largest absolute Gasteiger partial charge is 0.356 e. The minimum absolute atomic E-state index is 0.221. The van der Waals surface area contributed by atoms with E-state index in [2.05, 4.69) is 14.6 Å². The molecule has 0 saturated heterocycles. The number of hydrogen-bond acceptors (Lipinski definition) is 1. The molecule has 1 nitrogen and oxygen atoms in total. The number of benzene rings is 2. The lowest BCUT2D eigenvalue weighted by atomic mass is 10.2. The van der Waals surface area contributed by atoms with Crippen LogP contribution in [-0.4, -0.2) is 0 Å². The van der Waals surface area contributed by atoms with Gasteiger partial charge in [0.2, 0.25) is 0 Å². The fourth-order valence-corrected chi connectivity index (χ4v) is 1.46. The smallest absolute Gasteiger partial charge is 0.123 e. The van der Waals surface area contributed by atoms with Gasteiger partial charge in [-0.1, -0.05) is 12.1 Å². The molecule has 0 bridgehead atoms. The second-order valence-electron chi connectivity index (χ2n) is 3.25. The molecule has 0 radical (unpaired) electrons. The molecular formula is C12H11FNP. The highest BCUT2D eigenvalue weighted by molar-refractivity contribution is 7.27. The van der Waals surface area contributed by atoms with Crippen LogP contribution in [0.25, 0.3) is 0 Å². The first kappa shape index (κ1) is 10.1. The van der Waals surface area contributed by atoms with E-state index in [9.17, 15) is 4.39 Å². The average molecular weight is 219 g/mol. The van der Waals surface area contributed by atoms with Crippen molar-refractivity contribution in [3.05, 3.63) is 54.3 Å². The van der Waals surface area contributed by atoms with Crippen LogP contribution in [0.1, 0.15) is 0 Å². The molecule has 0 saturated carbocycles. The zero-order valence-electron chi connectivity index (χ0n) is 8.07. The number of rotatable bonds is 2. The van der Waals surface area contributed by atoms with Crippen LogP contribution in [0, 0.1) is 5.82 Å². The molecule has 0 heterocycles. The van der Waals surface area contributed by atoms with Gasteiger partial charge in [0.05, 0.1) is 0 Å². The van der Waals surface area contributed by atoms with E-state index in [0.717, 1.165) is 16.7 Å². The molecule has 0 fully saturated rings. The van der Waals surface area contributed by atoms with Crippen molar-refractivity contribution in [3.8, 4) is 0 Å². The number of nitrogens with one attached hydrogen (secondary N) is 1. The van der Waals surface area contributed by atoms with Crippen LogP contribution in [0.4, 0.5) is 15.8 Å². The Kier molecular flexibility index (Phi) is 2.98. The van der Waals surface area contributed by atoms with Crippen LogP contribution in [0.2, 0.25) is 0 Å².